The Morgan fingerprint density at radius 3 is 2.71 bits per heavy atom. The Kier molecular flexibility index (Phi) is 3.58. The summed E-state index contributed by atoms with van der Waals surface area (Å²) in [7, 11) is 0. The molecule has 4 nitrogen and oxygen atoms in total. The number of halogens is 1. The molecule has 1 aromatic heterocycles. The molecule has 0 saturated heterocycles. The zero-order valence-electron chi connectivity index (χ0n) is 8.85. The van der Waals surface area contributed by atoms with E-state index < -0.39 is 0 Å². The smallest absolute Gasteiger partial charge is 0.257 e. The van der Waals surface area contributed by atoms with Crippen LogP contribution in [0.3, 0.4) is 0 Å². The molecule has 5 heteroatoms. The first kappa shape index (κ1) is 11.8. The van der Waals surface area contributed by atoms with Crippen molar-refractivity contribution in [3.05, 3.63) is 51.7 Å². The number of amides is 1. The molecule has 3 N–H and O–H groups in total. The second-order valence-corrected chi connectivity index (χ2v) is 4.54. The van der Waals surface area contributed by atoms with Gasteiger partial charge in [0.2, 0.25) is 0 Å². The molecule has 86 valence electrons. The van der Waals surface area contributed by atoms with Gasteiger partial charge < -0.3 is 11.1 Å². The van der Waals surface area contributed by atoms with Crippen LogP contribution in [0, 0.1) is 3.57 Å². The maximum atomic E-state index is 12.0. The quantitative estimate of drug-likeness (QED) is 0.827. The minimum absolute atomic E-state index is 0.208. The number of carbonyl (C=O) groups excluding carboxylic acids is 1. The summed E-state index contributed by atoms with van der Waals surface area (Å²) >= 11 is 2.11. The van der Waals surface area contributed by atoms with Gasteiger partial charge in [0, 0.05) is 9.77 Å². The predicted octanol–water partition coefficient (Wildman–Crippen LogP) is 2.52. The van der Waals surface area contributed by atoms with Crippen LogP contribution < -0.4 is 11.1 Å². The number of hydrogen-bond donors (Lipinski definition) is 2. The molecule has 17 heavy (non-hydrogen) atoms. The van der Waals surface area contributed by atoms with Crippen molar-refractivity contribution in [3.63, 3.8) is 0 Å². The van der Waals surface area contributed by atoms with Crippen LogP contribution in [-0.4, -0.2) is 10.9 Å². The lowest BCUT2D eigenvalue weighted by atomic mass is 10.2. The predicted molar refractivity (Wildman–Crippen MR) is 75.8 cm³/mol. The zero-order chi connectivity index (χ0) is 12.3. The SMILES string of the molecule is Nc1cccnc1NC(=O)c1ccccc1I. The summed E-state index contributed by atoms with van der Waals surface area (Å²) in [5, 5.41) is 2.69. The van der Waals surface area contributed by atoms with Crippen LogP contribution in [0.4, 0.5) is 11.5 Å². The third-order valence-corrected chi connectivity index (χ3v) is 3.13. The number of nitrogens with two attached hydrogens (primary N) is 1. The van der Waals surface area contributed by atoms with Crippen molar-refractivity contribution in [1.82, 2.24) is 4.98 Å². The Labute approximate surface area is 112 Å². The molecule has 1 amide bonds. The molecule has 0 bridgehead atoms. The molecule has 0 radical (unpaired) electrons. The van der Waals surface area contributed by atoms with Crippen molar-refractivity contribution in [2.45, 2.75) is 0 Å². The molecule has 2 aromatic rings. The van der Waals surface area contributed by atoms with Crippen LogP contribution in [0.25, 0.3) is 0 Å². The maximum absolute atomic E-state index is 12.0. The van der Waals surface area contributed by atoms with E-state index in [1.807, 2.05) is 18.2 Å². The fourth-order valence-electron chi connectivity index (χ4n) is 1.34. The number of carbonyl (C=O) groups is 1. The molecule has 0 aliphatic carbocycles. The summed E-state index contributed by atoms with van der Waals surface area (Å²) < 4.78 is 0.886. The molecule has 0 unspecified atom stereocenters. The van der Waals surface area contributed by atoms with E-state index in [1.54, 1.807) is 24.4 Å². The van der Waals surface area contributed by atoms with Gasteiger partial charge in [0.1, 0.15) is 0 Å². The van der Waals surface area contributed by atoms with E-state index in [-0.39, 0.29) is 5.91 Å². The van der Waals surface area contributed by atoms with Crippen molar-refractivity contribution in [2.24, 2.45) is 0 Å². The fraction of sp³-hybridized carbons (Fsp3) is 0. The lowest BCUT2D eigenvalue weighted by Crippen LogP contribution is -2.15. The minimum Gasteiger partial charge on any atom is -0.396 e. The lowest BCUT2D eigenvalue weighted by molar-refractivity contribution is 0.102. The Hall–Kier alpha value is -1.63. The highest BCUT2D eigenvalue weighted by atomic mass is 127. The molecule has 1 aromatic carbocycles. The number of aromatic nitrogens is 1. The van der Waals surface area contributed by atoms with E-state index in [0.29, 0.717) is 17.1 Å². The van der Waals surface area contributed by atoms with Gasteiger partial charge in [-0.25, -0.2) is 4.98 Å². The number of hydrogen-bond acceptors (Lipinski definition) is 3. The van der Waals surface area contributed by atoms with Gasteiger partial charge in [-0.3, -0.25) is 4.79 Å². The van der Waals surface area contributed by atoms with Crippen LogP contribution in [-0.2, 0) is 0 Å². The van der Waals surface area contributed by atoms with Gasteiger partial charge in [0.25, 0.3) is 5.91 Å². The average molecular weight is 339 g/mol. The van der Waals surface area contributed by atoms with Crippen molar-refractivity contribution in [2.75, 3.05) is 11.1 Å². The largest absolute Gasteiger partial charge is 0.396 e. The zero-order valence-corrected chi connectivity index (χ0v) is 11.0. The molecule has 1 heterocycles. The number of nitrogens with one attached hydrogen (secondary N) is 1. The first-order valence-corrected chi connectivity index (χ1v) is 6.03. The molecule has 0 atom stereocenters. The average Bonchev–Trinajstić information content (AvgIpc) is 2.32. The number of benzene rings is 1. The van der Waals surface area contributed by atoms with Crippen LogP contribution in [0.1, 0.15) is 10.4 Å². The molecular formula is C12H10IN3O. The number of nitrogens with zero attached hydrogens (tertiary/aromatic N) is 1. The Morgan fingerprint density at radius 2 is 2.00 bits per heavy atom. The second-order valence-electron chi connectivity index (χ2n) is 3.38. The van der Waals surface area contributed by atoms with Crippen LogP contribution in [0.5, 0.6) is 0 Å². The van der Waals surface area contributed by atoms with Crippen molar-refractivity contribution in [3.8, 4) is 0 Å². The Bertz CT molecular complexity index is 557. The lowest BCUT2D eigenvalue weighted by Gasteiger charge is -2.07. The third-order valence-electron chi connectivity index (χ3n) is 2.19. The van der Waals surface area contributed by atoms with Gasteiger partial charge in [-0.2, -0.15) is 0 Å². The van der Waals surface area contributed by atoms with E-state index in [1.165, 1.54) is 0 Å². The van der Waals surface area contributed by atoms with Crippen molar-refractivity contribution >= 4 is 40.0 Å². The number of rotatable bonds is 2. The molecular weight excluding hydrogens is 329 g/mol. The highest BCUT2D eigenvalue weighted by molar-refractivity contribution is 14.1. The standard InChI is InChI=1S/C12H10IN3O/c13-9-5-2-1-4-8(9)12(17)16-11-10(14)6-3-7-15-11/h1-7H,14H2,(H,15,16,17). The summed E-state index contributed by atoms with van der Waals surface area (Å²) in [6.07, 6.45) is 1.59. The van der Waals surface area contributed by atoms with Gasteiger partial charge >= 0.3 is 0 Å². The van der Waals surface area contributed by atoms with E-state index in [9.17, 15) is 4.79 Å². The van der Waals surface area contributed by atoms with Gasteiger partial charge in [0.15, 0.2) is 5.82 Å². The van der Waals surface area contributed by atoms with E-state index in [0.717, 1.165) is 3.57 Å². The number of nitrogen functional groups attached to an aromatic ring is 1. The summed E-state index contributed by atoms with van der Waals surface area (Å²) in [6.45, 7) is 0. The summed E-state index contributed by atoms with van der Waals surface area (Å²) in [5.41, 5.74) is 6.77. The highest BCUT2D eigenvalue weighted by Gasteiger charge is 2.10. The molecule has 2 rings (SSSR count). The van der Waals surface area contributed by atoms with Crippen molar-refractivity contribution in [1.29, 1.82) is 0 Å². The van der Waals surface area contributed by atoms with Gasteiger partial charge in [-0.15, -0.1) is 0 Å². The second kappa shape index (κ2) is 5.13. The number of anilines is 2. The molecule has 0 saturated carbocycles. The topological polar surface area (TPSA) is 68.0 Å². The van der Waals surface area contributed by atoms with Gasteiger partial charge in [-0.1, -0.05) is 12.1 Å². The molecule has 0 spiro atoms. The number of pyridine rings is 1. The third kappa shape index (κ3) is 2.73. The monoisotopic (exact) mass is 339 g/mol. The van der Waals surface area contributed by atoms with E-state index in [2.05, 4.69) is 32.9 Å². The van der Waals surface area contributed by atoms with Crippen LogP contribution >= 0.6 is 22.6 Å². The summed E-state index contributed by atoms with van der Waals surface area (Å²) in [5.74, 6) is 0.178. The molecule has 0 aliphatic rings. The minimum atomic E-state index is -0.208. The fourth-order valence-corrected chi connectivity index (χ4v) is 1.97. The Balaban J connectivity index is 2.24. The maximum Gasteiger partial charge on any atom is 0.257 e. The normalized spacial score (nSPS) is 9.94. The summed E-state index contributed by atoms with van der Waals surface area (Å²) in [6, 6.07) is 10.7. The van der Waals surface area contributed by atoms with Gasteiger partial charge in [0.05, 0.1) is 11.3 Å². The van der Waals surface area contributed by atoms with Crippen LogP contribution in [0.2, 0.25) is 0 Å². The van der Waals surface area contributed by atoms with E-state index in [4.69, 9.17) is 5.73 Å². The van der Waals surface area contributed by atoms with E-state index >= 15 is 0 Å². The highest BCUT2D eigenvalue weighted by Crippen LogP contribution is 2.17. The molecule has 0 aliphatic heterocycles. The first-order valence-electron chi connectivity index (χ1n) is 4.95. The van der Waals surface area contributed by atoms with Crippen molar-refractivity contribution < 1.29 is 4.79 Å². The molecule has 0 fully saturated rings. The first-order chi connectivity index (χ1) is 8.18. The summed E-state index contributed by atoms with van der Waals surface area (Å²) in [4.78, 5) is 16.0. The Morgan fingerprint density at radius 1 is 1.24 bits per heavy atom. The van der Waals surface area contributed by atoms with Crippen LogP contribution in [0.15, 0.2) is 42.6 Å². The van der Waals surface area contributed by atoms with Gasteiger partial charge in [-0.05, 0) is 46.9 Å².